The fourth-order valence-corrected chi connectivity index (χ4v) is 4.34. The van der Waals surface area contributed by atoms with E-state index in [-0.39, 0.29) is 5.69 Å². The maximum absolute atomic E-state index is 14.5. The first-order chi connectivity index (χ1) is 15.2. The van der Waals surface area contributed by atoms with Crippen LogP contribution in [0.1, 0.15) is 5.82 Å². The molecule has 0 spiro atoms. The van der Waals surface area contributed by atoms with Crippen LogP contribution in [0.3, 0.4) is 0 Å². The first-order valence-electron chi connectivity index (χ1n) is 9.23. The zero-order chi connectivity index (χ0) is 23.0. The summed E-state index contributed by atoms with van der Waals surface area (Å²) in [5.74, 6) is -0.560. The lowest BCUT2D eigenvalue weighted by atomic mass is 10.2. The Labute approximate surface area is 181 Å². The first kappa shape index (κ1) is 21.1. The van der Waals surface area contributed by atoms with E-state index in [0.717, 1.165) is 30.3 Å². The summed E-state index contributed by atoms with van der Waals surface area (Å²) in [5.41, 5.74) is -0.545. The van der Waals surface area contributed by atoms with Gasteiger partial charge in [-0.1, -0.05) is 18.2 Å². The average molecular weight is 454 g/mol. The second kappa shape index (κ2) is 7.85. The predicted octanol–water partition coefficient (Wildman–Crippen LogP) is 3.54. The molecule has 0 aliphatic rings. The largest absolute Gasteiger partial charge is 0.277 e. The Morgan fingerprint density at radius 2 is 1.81 bits per heavy atom. The van der Waals surface area contributed by atoms with Gasteiger partial charge in [0, 0.05) is 12.1 Å². The molecular weight excluding hydrogens is 439 g/mol. The van der Waals surface area contributed by atoms with Gasteiger partial charge in [-0.05, 0) is 43.3 Å². The van der Waals surface area contributed by atoms with Gasteiger partial charge in [0.25, 0.3) is 21.3 Å². The van der Waals surface area contributed by atoms with Gasteiger partial charge in [-0.3, -0.25) is 24.2 Å². The van der Waals surface area contributed by atoms with Crippen molar-refractivity contribution in [2.45, 2.75) is 11.8 Å². The van der Waals surface area contributed by atoms with Crippen molar-refractivity contribution in [1.82, 2.24) is 9.55 Å². The Bertz CT molecular complexity index is 1550. The van der Waals surface area contributed by atoms with Crippen LogP contribution >= 0.6 is 0 Å². The number of anilines is 1. The van der Waals surface area contributed by atoms with Crippen molar-refractivity contribution in [3.63, 3.8) is 0 Å². The Hall–Kier alpha value is -4.12. The highest BCUT2D eigenvalue weighted by molar-refractivity contribution is 7.92. The smallest absolute Gasteiger partial charge is 0.270 e. The molecule has 0 amide bonds. The van der Waals surface area contributed by atoms with E-state index in [4.69, 9.17) is 0 Å². The molecule has 0 radical (unpaired) electrons. The molecule has 11 heteroatoms. The maximum atomic E-state index is 14.5. The van der Waals surface area contributed by atoms with Crippen molar-refractivity contribution in [3.8, 4) is 5.69 Å². The van der Waals surface area contributed by atoms with Crippen LogP contribution in [0.5, 0.6) is 0 Å². The van der Waals surface area contributed by atoms with E-state index < -0.39 is 42.6 Å². The number of sulfonamides is 1. The van der Waals surface area contributed by atoms with E-state index in [9.17, 15) is 27.7 Å². The van der Waals surface area contributed by atoms with Crippen LogP contribution in [0.15, 0.2) is 76.4 Å². The molecule has 32 heavy (non-hydrogen) atoms. The van der Waals surface area contributed by atoms with Gasteiger partial charge in [-0.15, -0.1) is 0 Å². The lowest BCUT2D eigenvalue weighted by Crippen LogP contribution is -2.22. The number of hydrogen-bond acceptors (Lipinski definition) is 6. The highest BCUT2D eigenvalue weighted by Gasteiger charge is 2.20. The molecule has 4 aromatic rings. The van der Waals surface area contributed by atoms with Crippen LogP contribution in [-0.4, -0.2) is 22.9 Å². The van der Waals surface area contributed by atoms with E-state index in [1.165, 1.54) is 16.7 Å². The molecule has 1 N–H and O–H groups in total. The number of nitro groups is 1. The quantitative estimate of drug-likeness (QED) is 0.363. The van der Waals surface area contributed by atoms with E-state index >= 15 is 0 Å². The monoisotopic (exact) mass is 454 g/mol. The summed E-state index contributed by atoms with van der Waals surface area (Å²) in [6.45, 7) is 1.60. The molecule has 1 heterocycles. The van der Waals surface area contributed by atoms with Gasteiger partial charge in [-0.2, -0.15) is 0 Å². The Balaban J connectivity index is 1.79. The van der Waals surface area contributed by atoms with Crippen molar-refractivity contribution in [1.29, 1.82) is 0 Å². The molecule has 0 saturated carbocycles. The van der Waals surface area contributed by atoms with Crippen LogP contribution in [0.4, 0.5) is 15.8 Å². The van der Waals surface area contributed by atoms with E-state index in [2.05, 4.69) is 9.71 Å². The number of benzene rings is 3. The number of rotatable bonds is 5. The number of aryl methyl sites for hydroxylation is 1. The third-order valence-corrected chi connectivity index (χ3v) is 6.10. The Kier molecular flexibility index (Phi) is 5.18. The number of aromatic nitrogens is 2. The zero-order valence-corrected chi connectivity index (χ0v) is 17.3. The molecule has 162 valence electrons. The highest BCUT2D eigenvalue weighted by atomic mass is 32.2. The number of halogens is 1. The minimum atomic E-state index is -4.34. The van der Waals surface area contributed by atoms with Crippen LogP contribution in [0.2, 0.25) is 0 Å². The molecule has 4 rings (SSSR count). The second-order valence-corrected chi connectivity index (χ2v) is 8.52. The molecule has 0 aliphatic carbocycles. The molecule has 9 nitrogen and oxygen atoms in total. The number of hydrogen-bond donors (Lipinski definition) is 1. The molecule has 0 unspecified atom stereocenters. The summed E-state index contributed by atoms with van der Waals surface area (Å²) >= 11 is 0. The molecule has 1 aromatic heterocycles. The molecule has 0 aliphatic heterocycles. The van der Waals surface area contributed by atoms with Gasteiger partial charge in [0.2, 0.25) is 0 Å². The molecule has 0 atom stereocenters. The topological polar surface area (TPSA) is 124 Å². The maximum Gasteiger partial charge on any atom is 0.270 e. The van der Waals surface area contributed by atoms with Gasteiger partial charge in [-0.25, -0.2) is 17.8 Å². The summed E-state index contributed by atoms with van der Waals surface area (Å²) in [6.07, 6.45) is 0. The summed E-state index contributed by atoms with van der Waals surface area (Å²) < 4.78 is 43.2. The minimum Gasteiger partial charge on any atom is -0.277 e. The van der Waals surface area contributed by atoms with Gasteiger partial charge in [0.15, 0.2) is 0 Å². The minimum absolute atomic E-state index is 0.198. The summed E-state index contributed by atoms with van der Waals surface area (Å²) in [5, 5.41) is 11.3. The van der Waals surface area contributed by atoms with Gasteiger partial charge >= 0.3 is 0 Å². The van der Waals surface area contributed by atoms with Crippen LogP contribution in [-0.2, 0) is 10.0 Å². The normalized spacial score (nSPS) is 11.4. The lowest BCUT2D eigenvalue weighted by molar-refractivity contribution is -0.385. The van der Waals surface area contributed by atoms with Crippen LogP contribution < -0.4 is 10.3 Å². The number of fused-ring (bicyclic) bond motifs is 1. The van der Waals surface area contributed by atoms with Crippen molar-refractivity contribution >= 4 is 32.3 Å². The van der Waals surface area contributed by atoms with Crippen LogP contribution in [0.25, 0.3) is 16.6 Å². The van der Waals surface area contributed by atoms with Crippen molar-refractivity contribution in [2.75, 3.05) is 4.72 Å². The molecule has 3 aromatic carbocycles. The molecule has 0 saturated heterocycles. The molecule has 0 fully saturated rings. The Morgan fingerprint density at radius 3 is 2.56 bits per heavy atom. The Morgan fingerprint density at radius 1 is 1.06 bits per heavy atom. The van der Waals surface area contributed by atoms with Crippen molar-refractivity contribution in [2.24, 2.45) is 0 Å². The molecular formula is C21H15FN4O5S. The molecule has 0 bridgehead atoms. The van der Waals surface area contributed by atoms with E-state index in [1.54, 1.807) is 31.2 Å². The summed E-state index contributed by atoms with van der Waals surface area (Å²) in [7, 11) is -4.34. The zero-order valence-electron chi connectivity index (χ0n) is 16.5. The summed E-state index contributed by atoms with van der Waals surface area (Å²) in [6, 6.07) is 14.6. The fourth-order valence-electron chi connectivity index (χ4n) is 3.25. The average Bonchev–Trinajstić information content (AvgIpc) is 2.76. The number of para-hydroxylation sites is 1. The third-order valence-electron chi connectivity index (χ3n) is 4.73. The van der Waals surface area contributed by atoms with Crippen molar-refractivity contribution < 1.29 is 17.7 Å². The van der Waals surface area contributed by atoms with E-state index in [1.807, 2.05) is 0 Å². The number of nitrogens with one attached hydrogen (secondary N) is 1. The number of nitro benzene ring substituents is 1. The second-order valence-electron chi connectivity index (χ2n) is 6.84. The summed E-state index contributed by atoms with van der Waals surface area (Å²) in [4.78, 5) is 27.2. The standard InChI is InChI=1S/C21H15FN4O5S/c1-13-23-19-8-3-2-7-17(19)21(27)25(13)14-9-10-18(22)20(12-14)24-32(30,31)16-6-4-5-15(11-16)26(28)29/h2-12,24H,1H3. The SMILES string of the molecule is Cc1nc2ccccc2c(=O)n1-c1ccc(F)c(NS(=O)(=O)c2cccc([N+](=O)[O-])c2)c1. The van der Waals surface area contributed by atoms with Gasteiger partial charge in [0.05, 0.1) is 32.1 Å². The lowest BCUT2D eigenvalue weighted by Gasteiger charge is -2.14. The van der Waals surface area contributed by atoms with Gasteiger partial charge in [0.1, 0.15) is 11.6 Å². The number of nitrogens with zero attached hydrogens (tertiary/aromatic N) is 3. The number of non-ortho nitro benzene ring substituents is 1. The van der Waals surface area contributed by atoms with Crippen LogP contribution in [0, 0.1) is 22.9 Å². The predicted molar refractivity (Wildman–Crippen MR) is 116 cm³/mol. The first-order valence-corrected chi connectivity index (χ1v) is 10.7. The van der Waals surface area contributed by atoms with Gasteiger partial charge < -0.3 is 0 Å². The fraction of sp³-hybridized carbons (Fsp3) is 0.0476. The third kappa shape index (κ3) is 3.81. The van der Waals surface area contributed by atoms with Crippen molar-refractivity contribution in [3.05, 3.63) is 98.8 Å². The van der Waals surface area contributed by atoms with E-state index in [0.29, 0.717) is 16.7 Å². The highest BCUT2D eigenvalue weighted by Crippen LogP contribution is 2.24.